The molecule has 2 nitrogen and oxygen atoms in total. The molecule has 0 fully saturated rings. The highest BCUT2D eigenvalue weighted by atomic mass is 32.2. The molecule has 0 aliphatic heterocycles. The number of hydrogen-bond donors (Lipinski definition) is 1. The van der Waals surface area contributed by atoms with E-state index in [0.717, 1.165) is 19.7 Å². The van der Waals surface area contributed by atoms with E-state index >= 15 is 0 Å². The topological polar surface area (TPSA) is 21.3 Å². The van der Waals surface area contributed by atoms with E-state index in [1.54, 1.807) is 7.11 Å². The minimum Gasteiger partial charge on any atom is -0.383 e. The van der Waals surface area contributed by atoms with Crippen molar-refractivity contribution in [2.75, 3.05) is 38.8 Å². The Morgan fingerprint density at radius 2 is 1.94 bits per heavy atom. The Labute approximate surface area is 106 Å². The van der Waals surface area contributed by atoms with Crippen LogP contribution in [-0.2, 0) is 4.74 Å². The van der Waals surface area contributed by atoms with Crippen LogP contribution in [0.5, 0.6) is 0 Å². The van der Waals surface area contributed by atoms with Crippen molar-refractivity contribution in [3.63, 3.8) is 0 Å². The van der Waals surface area contributed by atoms with Gasteiger partial charge in [0.2, 0.25) is 0 Å². The molecular weight excluding hydrogens is 218 g/mol. The number of nitrogens with one attached hydrogen (secondary N) is 1. The van der Waals surface area contributed by atoms with E-state index in [2.05, 4.69) is 25.4 Å². The molecule has 0 aromatic carbocycles. The second-order valence-electron chi connectivity index (χ2n) is 4.47. The minimum absolute atomic E-state index is 0.503. The zero-order chi connectivity index (χ0) is 12.3. The van der Waals surface area contributed by atoms with E-state index < -0.39 is 0 Å². The third-order valence-corrected chi connectivity index (χ3v) is 4.24. The Morgan fingerprint density at radius 1 is 1.25 bits per heavy atom. The van der Waals surface area contributed by atoms with Gasteiger partial charge in [-0.05, 0) is 43.1 Å². The molecule has 0 bridgehead atoms. The third-order valence-electron chi connectivity index (χ3n) is 3.54. The van der Waals surface area contributed by atoms with Gasteiger partial charge in [-0.2, -0.15) is 11.8 Å². The molecule has 0 amide bonds. The summed E-state index contributed by atoms with van der Waals surface area (Å²) in [6, 6.07) is 0. The highest BCUT2D eigenvalue weighted by Crippen LogP contribution is 2.31. The summed E-state index contributed by atoms with van der Waals surface area (Å²) in [7, 11) is 1.76. The number of ether oxygens (including phenoxy) is 1. The molecule has 0 aliphatic rings. The maximum Gasteiger partial charge on any atom is 0.0587 e. The molecule has 0 heterocycles. The molecule has 0 unspecified atom stereocenters. The van der Waals surface area contributed by atoms with Crippen molar-refractivity contribution in [3.8, 4) is 0 Å². The highest BCUT2D eigenvalue weighted by molar-refractivity contribution is 7.98. The summed E-state index contributed by atoms with van der Waals surface area (Å²) in [5.41, 5.74) is 0.503. The van der Waals surface area contributed by atoms with Crippen LogP contribution in [0.4, 0.5) is 0 Å². The van der Waals surface area contributed by atoms with Crippen LogP contribution in [0.25, 0.3) is 0 Å². The van der Waals surface area contributed by atoms with Gasteiger partial charge in [0.1, 0.15) is 0 Å². The van der Waals surface area contributed by atoms with Gasteiger partial charge >= 0.3 is 0 Å². The molecule has 0 rings (SSSR count). The third kappa shape index (κ3) is 6.77. The SMILES string of the molecule is CCC(CC)(CCCSC)CNCCOC. The molecule has 16 heavy (non-hydrogen) atoms. The van der Waals surface area contributed by atoms with Gasteiger partial charge in [-0.15, -0.1) is 0 Å². The van der Waals surface area contributed by atoms with Crippen molar-refractivity contribution >= 4 is 11.8 Å². The van der Waals surface area contributed by atoms with Crippen molar-refractivity contribution in [1.29, 1.82) is 0 Å². The van der Waals surface area contributed by atoms with E-state index in [1.807, 2.05) is 11.8 Å². The first-order valence-corrected chi connectivity index (χ1v) is 7.82. The zero-order valence-corrected chi connectivity index (χ0v) is 12.3. The average molecular weight is 247 g/mol. The van der Waals surface area contributed by atoms with Crippen molar-refractivity contribution in [1.82, 2.24) is 5.32 Å². The van der Waals surface area contributed by atoms with Crippen molar-refractivity contribution in [2.24, 2.45) is 5.41 Å². The number of thioether (sulfide) groups is 1. The molecule has 98 valence electrons. The molecule has 0 saturated carbocycles. The summed E-state index contributed by atoms with van der Waals surface area (Å²) < 4.78 is 5.06. The summed E-state index contributed by atoms with van der Waals surface area (Å²) in [5.74, 6) is 1.29. The second kappa shape index (κ2) is 10.4. The van der Waals surface area contributed by atoms with Gasteiger partial charge in [0.15, 0.2) is 0 Å². The molecule has 0 radical (unpaired) electrons. The normalized spacial score (nSPS) is 12.0. The molecule has 3 heteroatoms. The van der Waals surface area contributed by atoms with Crippen LogP contribution in [0.1, 0.15) is 39.5 Å². The molecule has 0 aromatic heterocycles. The minimum atomic E-state index is 0.503. The predicted octanol–water partition coefficient (Wildman–Crippen LogP) is 3.17. The lowest BCUT2D eigenvalue weighted by Crippen LogP contribution is -2.35. The Morgan fingerprint density at radius 3 is 2.44 bits per heavy atom. The molecular formula is C13H29NOS. The summed E-state index contributed by atoms with van der Waals surface area (Å²) in [6.07, 6.45) is 7.43. The van der Waals surface area contributed by atoms with Crippen LogP contribution in [0.2, 0.25) is 0 Å². The first-order chi connectivity index (χ1) is 7.74. The number of methoxy groups -OCH3 is 1. The van der Waals surface area contributed by atoms with Crippen LogP contribution in [0.15, 0.2) is 0 Å². The molecule has 0 atom stereocenters. The van der Waals surface area contributed by atoms with Crippen molar-refractivity contribution in [2.45, 2.75) is 39.5 Å². The van der Waals surface area contributed by atoms with Gasteiger partial charge in [-0.1, -0.05) is 13.8 Å². The van der Waals surface area contributed by atoms with Gasteiger partial charge in [-0.3, -0.25) is 0 Å². The summed E-state index contributed by atoms with van der Waals surface area (Å²) in [6.45, 7) is 7.56. The second-order valence-corrected chi connectivity index (χ2v) is 5.46. The lowest BCUT2D eigenvalue weighted by Gasteiger charge is -2.32. The van der Waals surface area contributed by atoms with Crippen LogP contribution in [-0.4, -0.2) is 38.8 Å². The van der Waals surface area contributed by atoms with Crippen LogP contribution < -0.4 is 5.32 Å². The summed E-state index contributed by atoms with van der Waals surface area (Å²) in [4.78, 5) is 0. The Balaban J connectivity index is 3.90. The monoisotopic (exact) mass is 247 g/mol. The van der Waals surface area contributed by atoms with E-state index in [9.17, 15) is 0 Å². The Bertz CT molecular complexity index is 149. The van der Waals surface area contributed by atoms with E-state index in [1.165, 1.54) is 31.4 Å². The van der Waals surface area contributed by atoms with Crippen LogP contribution in [0, 0.1) is 5.41 Å². The van der Waals surface area contributed by atoms with E-state index in [4.69, 9.17) is 4.74 Å². The molecule has 0 aliphatic carbocycles. The maximum atomic E-state index is 5.06. The number of rotatable bonds is 11. The molecule has 0 aromatic rings. The van der Waals surface area contributed by atoms with Gasteiger partial charge < -0.3 is 10.1 Å². The van der Waals surface area contributed by atoms with E-state index in [0.29, 0.717) is 5.41 Å². The smallest absolute Gasteiger partial charge is 0.0587 e. The fourth-order valence-corrected chi connectivity index (χ4v) is 2.49. The van der Waals surface area contributed by atoms with Gasteiger partial charge in [0.05, 0.1) is 6.61 Å². The van der Waals surface area contributed by atoms with Crippen LogP contribution >= 0.6 is 11.8 Å². The summed E-state index contributed by atoms with van der Waals surface area (Å²) >= 11 is 1.95. The van der Waals surface area contributed by atoms with Gasteiger partial charge in [0, 0.05) is 20.2 Å². The first-order valence-electron chi connectivity index (χ1n) is 6.43. The quantitative estimate of drug-likeness (QED) is 0.567. The van der Waals surface area contributed by atoms with Crippen molar-refractivity contribution < 1.29 is 4.74 Å². The fraction of sp³-hybridized carbons (Fsp3) is 1.00. The standard InChI is InChI=1S/C13H29NOS/c1-5-13(6-2,8-7-11-16-4)12-14-9-10-15-3/h14H,5-12H2,1-4H3. The van der Waals surface area contributed by atoms with Gasteiger partial charge in [0.25, 0.3) is 0 Å². The molecule has 1 N–H and O–H groups in total. The van der Waals surface area contributed by atoms with E-state index in [-0.39, 0.29) is 0 Å². The number of hydrogen-bond acceptors (Lipinski definition) is 3. The van der Waals surface area contributed by atoms with Crippen molar-refractivity contribution in [3.05, 3.63) is 0 Å². The maximum absolute atomic E-state index is 5.06. The van der Waals surface area contributed by atoms with Crippen LogP contribution in [0.3, 0.4) is 0 Å². The van der Waals surface area contributed by atoms with Gasteiger partial charge in [-0.25, -0.2) is 0 Å². The predicted molar refractivity (Wildman–Crippen MR) is 75.4 cm³/mol. The largest absolute Gasteiger partial charge is 0.383 e. The average Bonchev–Trinajstić information content (AvgIpc) is 2.33. The zero-order valence-electron chi connectivity index (χ0n) is 11.5. The lowest BCUT2D eigenvalue weighted by molar-refractivity contribution is 0.181. The molecule has 0 saturated heterocycles. The molecule has 0 spiro atoms. The fourth-order valence-electron chi connectivity index (χ4n) is 2.06. The Hall–Kier alpha value is 0.270. The highest BCUT2D eigenvalue weighted by Gasteiger charge is 2.24. The first kappa shape index (κ1) is 16.3. The summed E-state index contributed by atoms with van der Waals surface area (Å²) in [5, 5.41) is 3.52. The lowest BCUT2D eigenvalue weighted by atomic mass is 9.78. The Kier molecular flexibility index (Phi) is 10.6.